The summed E-state index contributed by atoms with van der Waals surface area (Å²) in [6.45, 7) is 0.813. The van der Waals surface area contributed by atoms with Crippen molar-refractivity contribution in [2.45, 2.75) is 23.8 Å². The standard InChI is InChI=1S/C11H15FN2O2S.ClH/c12-9-3-5-11(6-4-9)17(15,16)14-7-1-2-10(13)8-14;/h3-6,10H,1-2,7-8,13H2;1H. The second-order valence-electron chi connectivity index (χ2n) is 4.22. The fourth-order valence-electron chi connectivity index (χ4n) is 1.95. The van der Waals surface area contributed by atoms with E-state index in [0.717, 1.165) is 25.0 Å². The summed E-state index contributed by atoms with van der Waals surface area (Å²) in [5.41, 5.74) is 5.76. The second kappa shape index (κ2) is 5.97. The topological polar surface area (TPSA) is 63.4 Å². The fourth-order valence-corrected chi connectivity index (χ4v) is 3.48. The van der Waals surface area contributed by atoms with Crippen LogP contribution in [0, 0.1) is 5.82 Å². The molecule has 2 rings (SSSR count). The summed E-state index contributed by atoms with van der Waals surface area (Å²) < 4.78 is 38.5. The van der Waals surface area contributed by atoms with E-state index < -0.39 is 15.8 Å². The summed E-state index contributed by atoms with van der Waals surface area (Å²) in [5, 5.41) is 0. The highest BCUT2D eigenvalue weighted by atomic mass is 35.5. The van der Waals surface area contributed by atoms with E-state index in [1.165, 1.54) is 16.4 Å². The molecule has 4 nitrogen and oxygen atoms in total. The van der Waals surface area contributed by atoms with Gasteiger partial charge in [0, 0.05) is 19.1 Å². The van der Waals surface area contributed by atoms with E-state index in [2.05, 4.69) is 0 Å². The Labute approximate surface area is 112 Å². The summed E-state index contributed by atoms with van der Waals surface area (Å²) in [5.74, 6) is -0.445. The smallest absolute Gasteiger partial charge is 0.243 e. The number of rotatable bonds is 2. The van der Waals surface area contributed by atoms with Crippen LogP contribution in [0.4, 0.5) is 4.39 Å². The number of nitrogens with two attached hydrogens (primary N) is 1. The number of nitrogens with zero attached hydrogens (tertiary/aromatic N) is 1. The van der Waals surface area contributed by atoms with E-state index in [1.807, 2.05) is 0 Å². The molecule has 1 aromatic rings. The maximum atomic E-state index is 12.8. The van der Waals surface area contributed by atoms with Crippen molar-refractivity contribution in [1.29, 1.82) is 0 Å². The molecule has 1 unspecified atom stereocenters. The average molecular weight is 295 g/mol. The van der Waals surface area contributed by atoms with E-state index in [0.29, 0.717) is 13.1 Å². The molecule has 1 aromatic carbocycles. The van der Waals surface area contributed by atoms with E-state index in [9.17, 15) is 12.8 Å². The van der Waals surface area contributed by atoms with Gasteiger partial charge in [0.1, 0.15) is 5.82 Å². The summed E-state index contributed by atoms with van der Waals surface area (Å²) in [6.07, 6.45) is 1.61. The SMILES string of the molecule is Cl.NC1CCCN(S(=O)(=O)c2ccc(F)cc2)C1. The van der Waals surface area contributed by atoms with Gasteiger partial charge in [-0.3, -0.25) is 0 Å². The fraction of sp³-hybridized carbons (Fsp3) is 0.455. The summed E-state index contributed by atoms with van der Waals surface area (Å²) in [4.78, 5) is 0.119. The van der Waals surface area contributed by atoms with Crippen molar-refractivity contribution >= 4 is 22.4 Å². The van der Waals surface area contributed by atoms with Crippen LogP contribution < -0.4 is 5.73 Å². The molecule has 18 heavy (non-hydrogen) atoms. The molecule has 0 aromatic heterocycles. The molecule has 1 fully saturated rings. The summed E-state index contributed by atoms with van der Waals surface area (Å²) in [7, 11) is -3.53. The first-order chi connectivity index (χ1) is 8.00. The molecule has 0 radical (unpaired) electrons. The van der Waals surface area contributed by atoms with Gasteiger partial charge < -0.3 is 5.73 Å². The van der Waals surface area contributed by atoms with Crippen molar-refractivity contribution in [3.63, 3.8) is 0 Å². The zero-order chi connectivity index (χ0) is 12.5. The van der Waals surface area contributed by atoms with Crippen LogP contribution in [-0.4, -0.2) is 31.9 Å². The zero-order valence-electron chi connectivity index (χ0n) is 9.75. The number of sulfonamides is 1. The molecular weight excluding hydrogens is 279 g/mol. The number of halogens is 2. The lowest BCUT2D eigenvalue weighted by molar-refractivity contribution is 0.316. The van der Waals surface area contributed by atoms with Gasteiger partial charge in [-0.25, -0.2) is 12.8 Å². The van der Waals surface area contributed by atoms with Crippen molar-refractivity contribution in [3.8, 4) is 0 Å². The van der Waals surface area contributed by atoms with Gasteiger partial charge in [0.15, 0.2) is 0 Å². The van der Waals surface area contributed by atoms with Crippen LogP contribution in [-0.2, 0) is 10.0 Å². The predicted octanol–water partition coefficient (Wildman–Crippen LogP) is 1.36. The Balaban J connectivity index is 0.00000162. The quantitative estimate of drug-likeness (QED) is 0.896. The van der Waals surface area contributed by atoms with Gasteiger partial charge in [-0.1, -0.05) is 0 Å². The number of benzene rings is 1. The molecule has 0 bridgehead atoms. The number of hydrogen-bond donors (Lipinski definition) is 1. The van der Waals surface area contributed by atoms with Crippen LogP contribution in [0.3, 0.4) is 0 Å². The van der Waals surface area contributed by atoms with Gasteiger partial charge in [0.2, 0.25) is 10.0 Å². The van der Waals surface area contributed by atoms with Crippen molar-refractivity contribution in [2.75, 3.05) is 13.1 Å². The van der Waals surface area contributed by atoms with Crippen molar-refractivity contribution in [2.24, 2.45) is 5.73 Å². The molecule has 7 heteroatoms. The molecule has 0 aliphatic carbocycles. The highest BCUT2D eigenvalue weighted by molar-refractivity contribution is 7.89. The molecule has 0 spiro atoms. The lowest BCUT2D eigenvalue weighted by Gasteiger charge is -2.29. The van der Waals surface area contributed by atoms with Crippen molar-refractivity contribution < 1.29 is 12.8 Å². The summed E-state index contributed by atoms with van der Waals surface area (Å²) in [6, 6.07) is 4.75. The highest BCUT2D eigenvalue weighted by Gasteiger charge is 2.28. The summed E-state index contributed by atoms with van der Waals surface area (Å²) >= 11 is 0. The van der Waals surface area contributed by atoms with Gasteiger partial charge in [-0.15, -0.1) is 12.4 Å². The predicted molar refractivity (Wildman–Crippen MR) is 69.6 cm³/mol. The molecule has 1 aliphatic heterocycles. The van der Waals surface area contributed by atoms with Crippen LogP contribution in [0.2, 0.25) is 0 Å². The third-order valence-electron chi connectivity index (χ3n) is 2.87. The zero-order valence-corrected chi connectivity index (χ0v) is 11.4. The van der Waals surface area contributed by atoms with E-state index in [1.54, 1.807) is 0 Å². The minimum atomic E-state index is -3.53. The van der Waals surface area contributed by atoms with Crippen LogP contribution >= 0.6 is 12.4 Å². The largest absolute Gasteiger partial charge is 0.327 e. The minimum Gasteiger partial charge on any atom is -0.327 e. The lowest BCUT2D eigenvalue weighted by Crippen LogP contribution is -2.45. The molecule has 0 amide bonds. The molecule has 1 heterocycles. The monoisotopic (exact) mass is 294 g/mol. The van der Waals surface area contributed by atoms with Crippen LogP contribution in [0.1, 0.15) is 12.8 Å². The maximum absolute atomic E-state index is 12.8. The van der Waals surface area contributed by atoms with E-state index >= 15 is 0 Å². The third-order valence-corrected chi connectivity index (χ3v) is 4.75. The van der Waals surface area contributed by atoms with E-state index in [-0.39, 0.29) is 23.3 Å². The van der Waals surface area contributed by atoms with Crippen LogP contribution in [0.5, 0.6) is 0 Å². The molecule has 102 valence electrons. The van der Waals surface area contributed by atoms with Gasteiger partial charge in [0.05, 0.1) is 4.90 Å². The maximum Gasteiger partial charge on any atom is 0.243 e. The first-order valence-corrected chi connectivity index (χ1v) is 6.95. The normalized spacial score (nSPS) is 21.3. The molecule has 0 saturated carbocycles. The average Bonchev–Trinajstić information content (AvgIpc) is 2.29. The molecular formula is C11H16ClFN2O2S. The number of hydrogen-bond acceptors (Lipinski definition) is 3. The highest BCUT2D eigenvalue weighted by Crippen LogP contribution is 2.20. The minimum absolute atomic E-state index is 0. The third kappa shape index (κ3) is 3.20. The Morgan fingerprint density at radius 3 is 2.44 bits per heavy atom. The second-order valence-corrected chi connectivity index (χ2v) is 6.16. The van der Waals surface area contributed by atoms with Gasteiger partial charge >= 0.3 is 0 Å². The molecule has 1 atom stereocenters. The lowest BCUT2D eigenvalue weighted by atomic mass is 10.1. The van der Waals surface area contributed by atoms with Gasteiger partial charge in [0.25, 0.3) is 0 Å². The van der Waals surface area contributed by atoms with E-state index in [4.69, 9.17) is 5.73 Å². The first-order valence-electron chi connectivity index (χ1n) is 5.51. The molecule has 1 saturated heterocycles. The van der Waals surface area contributed by atoms with Gasteiger partial charge in [-0.2, -0.15) is 4.31 Å². The Kier molecular flexibility index (Phi) is 5.10. The first kappa shape index (κ1) is 15.4. The molecule has 2 N–H and O–H groups in total. The van der Waals surface area contributed by atoms with Crippen LogP contribution in [0.25, 0.3) is 0 Å². The Morgan fingerprint density at radius 2 is 1.89 bits per heavy atom. The Morgan fingerprint density at radius 1 is 1.28 bits per heavy atom. The molecule has 1 aliphatic rings. The Bertz CT molecular complexity index is 492. The Hall–Kier alpha value is -0.690. The van der Waals surface area contributed by atoms with Crippen molar-refractivity contribution in [1.82, 2.24) is 4.31 Å². The van der Waals surface area contributed by atoms with Crippen molar-refractivity contribution in [3.05, 3.63) is 30.1 Å². The number of piperidine rings is 1. The van der Waals surface area contributed by atoms with Gasteiger partial charge in [-0.05, 0) is 37.1 Å². The van der Waals surface area contributed by atoms with Crippen LogP contribution in [0.15, 0.2) is 29.2 Å².